The van der Waals surface area contributed by atoms with Gasteiger partial charge < -0.3 is 48.6 Å². The number of carboxylic acid groups (broad SMARTS) is 1. The number of piperazine rings is 1. The Morgan fingerprint density at radius 2 is 1.57 bits per heavy atom. The maximum absolute atomic E-state index is 15.1. The van der Waals surface area contributed by atoms with E-state index in [0.29, 0.717) is 31.9 Å². The number of halogens is 4. The van der Waals surface area contributed by atoms with Crippen LogP contribution in [0, 0.1) is 5.82 Å². The molecule has 11 nitrogen and oxygen atoms in total. The number of hydrogen-bond acceptors (Lipinski definition) is 7. The molecule has 3 aromatic rings. The molecule has 0 spiro atoms. The summed E-state index contributed by atoms with van der Waals surface area (Å²) in [7, 11) is 2.90. The fraction of sp³-hybridized carbons (Fsp3) is 0.310. The van der Waals surface area contributed by atoms with Gasteiger partial charge in [-0.3, -0.25) is 4.79 Å². The zero-order chi connectivity index (χ0) is 29.3. The Balaban J connectivity index is -0.00000289. The van der Waals surface area contributed by atoms with Crippen molar-refractivity contribution >= 4 is 29.0 Å². The zero-order valence-electron chi connectivity index (χ0n) is 27.9. The van der Waals surface area contributed by atoms with Gasteiger partial charge in [-0.05, 0) is 36.4 Å². The van der Waals surface area contributed by atoms with Gasteiger partial charge in [0.05, 0.1) is 37.9 Å². The van der Waals surface area contributed by atoms with Crippen molar-refractivity contribution in [2.75, 3.05) is 50.2 Å². The molecule has 0 radical (unpaired) electrons. The van der Waals surface area contributed by atoms with Crippen LogP contribution in [0.15, 0.2) is 65.7 Å². The van der Waals surface area contributed by atoms with Crippen LogP contribution in [-0.2, 0) is 11.0 Å². The number of aliphatic carboxylic acids is 1. The van der Waals surface area contributed by atoms with Crippen LogP contribution in [0.4, 0.5) is 34.6 Å². The number of nitrogens with zero attached hydrogens (tertiary/aromatic N) is 4. The first-order valence-electron chi connectivity index (χ1n) is 12.9. The molecule has 5 rings (SSSR count). The van der Waals surface area contributed by atoms with Crippen LogP contribution in [0.3, 0.4) is 0 Å². The second-order valence-electron chi connectivity index (χ2n) is 9.63. The summed E-state index contributed by atoms with van der Waals surface area (Å²) in [6.07, 6.45) is -5.18. The molecule has 17 heteroatoms. The van der Waals surface area contributed by atoms with Crippen LogP contribution in [-0.4, -0.2) is 78.8 Å². The number of guanidine groups is 1. The average Bonchev–Trinajstić information content (AvgIpc) is 2.96. The molecular weight excluding hydrogens is 638 g/mol. The number of carbonyl (C=O) groups is 1. The van der Waals surface area contributed by atoms with E-state index in [2.05, 4.69) is 9.89 Å². The minimum absolute atomic E-state index is 0. The first-order valence-corrected chi connectivity index (χ1v) is 12.9. The molecule has 0 unspecified atom stereocenters. The van der Waals surface area contributed by atoms with Gasteiger partial charge in [0, 0.05) is 43.5 Å². The smallest absolute Gasteiger partial charge is 1.00 e. The second-order valence-corrected chi connectivity index (χ2v) is 9.63. The van der Waals surface area contributed by atoms with Crippen molar-refractivity contribution in [1.29, 1.82) is 0 Å². The molecule has 0 saturated carbocycles. The van der Waals surface area contributed by atoms with E-state index in [9.17, 15) is 23.1 Å². The standard InChI is InChI=1S/C29H28F4N4O4.2Na.3H2O.2H/c1-40-20-6-3-5-19(16-20)35-11-13-36(14-12-35)28-34-27-21(7-4-8-22(27)30)23(17-26(38)39)37(28)24-15-18(29(31,32)33)9-10-25(24)41-2;;;;;;;/h3-10,15-16,23H,11-14,17H2,1-2H3,(H,38,39);;;3*1H2;;/q;2*+1;;;;2*-1/t23-;;;;;;;/m0......./s1. The van der Waals surface area contributed by atoms with E-state index in [1.165, 1.54) is 30.2 Å². The Hall–Kier alpha value is -2.60. The predicted molar refractivity (Wildman–Crippen MR) is 159 cm³/mol. The summed E-state index contributed by atoms with van der Waals surface area (Å²) in [4.78, 5) is 22.0. The Bertz CT molecular complexity index is 1500. The summed E-state index contributed by atoms with van der Waals surface area (Å²) in [5, 5.41) is 9.83. The number of anilines is 2. The Kier molecular flexibility index (Phi) is 17.1. The van der Waals surface area contributed by atoms with Crippen molar-refractivity contribution in [3.05, 3.63) is 77.6 Å². The predicted octanol–water partition coefficient (Wildman–Crippen LogP) is -2.53. The number of carboxylic acids is 1. The number of hydrogen-bond donors (Lipinski definition) is 1. The van der Waals surface area contributed by atoms with Gasteiger partial charge in [0.2, 0.25) is 5.96 Å². The molecule has 2 aliphatic rings. The zero-order valence-corrected chi connectivity index (χ0v) is 29.9. The Morgan fingerprint density at radius 3 is 2.15 bits per heavy atom. The van der Waals surface area contributed by atoms with Crippen LogP contribution >= 0.6 is 0 Å². The summed E-state index contributed by atoms with van der Waals surface area (Å²) in [5.74, 6) is -0.910. The molecule has 0 amide bonds. The summed E-state index contributed by atoms with van der Waals surface area (Å²) >= 11 is 0. The van der Waals surface area contributed by atoms with Crippen LogP contribution in [0.2, 0.25) is 0 Å². The first kappa shape index (κ1) is 43.4. The van der Waals surface area contributed by atoms with Gasteiger partial charge in [-0.1, -0.05) is 18.2 Å². The van der Waals surface area contributed by atoms with Gasteiger partial charge in [-0.2, -0.15) is 13.2 Å². The Morgan fingerprint density at radius 1 is 0.935 bits per heavy atom. The van der Waals surface area contributed by atoms with Crippen molar-refractivity contribution in [3.63, 3.8) is 0 Å². The van der Waals surface area contributed by atoms with Crippen molar-refractivity contribution in [3.8, 4) is 11.5 Å². The average molecular weight is 675 g/mol. The molecule has 2 aliphatic heterocycles. The molecule has 1 atom stereocenters. The van der Waals surface area contributed by atoms with E-state index in [1.54, 1.807) is 13.2 Å². The number of rotatable bonds is 6. The topological polar surface area (TPSA) is 172 Å². The van der Waals surface area contributed by atoms with Gasteiger partial charge in [0.1, 0.15) is 23.0 Å². The molecule has 244 valence electrons. The maximum atomic E-state index is 15.1. The van der Waals surface area contributed by atoms with Crippen LogP contribution in [0.5, 0.6) is 11.5 Å². The second kappa shape index (κ2) is 18.1. The molecule has 0 aromatic heterocycles. The quantitative estimate of drug-likeness (QED) is 0.222. The number of ether oxygens (including phenoxy) is 2. The van der Waals surface area contributed by atoms with E-state index in [4.69, 9.17) is 9.47 Å². The largest absolute Gasteiger partial charge is 1.00 e. The molecule has 2 heterocycles. The third-order valence-electron chi connectivity index (χ3n) is 7.23. The molecule has 3 aromatic carbocycles. The maximum Gasteiger partial charge on any atom is 1.00 e. The molecule has 1 fully saturated rings. The molecule has 0 bridgehead atoms. The van der Waals surface area contributed by atoms with Crippen molar-refractivity contribution < 1.29 is 115 Å². The van der Waals surface area contributed by atoms with E-state index >= 15 is 4.39 Å². The summed E-state index contributed by atoms with van der Waals surface area (Å²) in [5.41, 5.74) is 0.204. The van der Waals surface area contributed by atoms with E-state index < -0.39 is 36.0 Å². The fourth-order valence-corrected chi connectivity index (χ4v) is 5.24. The molecule has 7 N–H and O–H groups in total. The van der Waals surface area contributed by atoms with Gasteiger partial charge in [0.15, 0.2) is 0 Å². The van der Waals surface area contributed by atoms with E-state index in [1.807, 2.05) is 29.2 Å². The van der Waals surface area contributed by atoms with Crippen molar-refractivity contribution in [1.82, 2.24) is 4.90 Å². The van der Waals surface area contributed by atoms with Gasteiger partial charge in [-0.15, -0.1) is 0 Å². The molecular formula is C29H36F4N4Na2O7. The van der Waals surface area contributed by atoms with E-state index in [0.717, 1.165) is 17.8 Å². The first-order chi connectivity index (χ1) is 19.6. The number of para-hydroxylation sites is 1. The van der Waals surface area contributed by atoms with Crippen molar-refractivity contribution in [2.45, 2.75) is 18.6 Å². The minimum atomic E-state index is -4.66. The van der Waals surface area contributed by atoms with Gasteiger partial charge in [-0.25, -0.2) is 9.38 Å². The number of methoxy groups -OCH3 is 2. The third kappa shape index (κ3) is 9.05. The van der Waals surface area contributed by atoms with Gasteiger partial charge >= 0.3 is 71.3 Å². The number of aliphatic imine (C=N–C) groups is 1. The minimum Gasteiger partial charge on any atom is -1.00 e. The van der Waals surface area contributed by atoms with Crippen molar-refractivity contribution in [2.24, 2.45) is 4.99 Å². The third-order valence-corrected chi connectivity index (χ3v) is 7.23. The normalized spacial score (nSPS) is 15.3. The van der Waals surface area contributed by atoms with E-state index in [-0.39, 0.29) is 107 Å². The van der Waals surface area contributed by atoms with Crippen LogP contribution in [0.1, 0.15) is 26.4 Å². The summed E-state index contributed by atoms with van der Waals surface area (Å²) in [6.45, 7) is 1.82. The molecule has 46 heavy (non-hydrogen) atoms. The number of alkyl halides is 3. The summed E-state index contributed by atoms with van der Waals surface area (Å²) < 4.78 is 67.3. The Labute approximate surface area is 310 Å². The molecule has 1 saturated heterocycles. The molecule has 0 aliphatic carbocycles. The number of benzene rings is 3. The van der Waals surface area contributed by atoms with Crippen LogP contribution in [0.25, 0.3) is 0 Å². The summed E-state index contributed by atoms with van der Waals surface area (Å²) in [6, 6.07) is 13.7. The fourth-order valence-electron chi connectivity index (χ4n) is 5.24. The van der Waals surface area contributed by atoms with Gasteiger partial charge in [0.25, 0.3) is 0 Å². The van der Waals surface area contributed by atoms with Crippen LogP contribution < -0.4 is 78.4 Å². The number of fused-ring (bicyclic) bond motifs is 1. The monoisotopic (exact) mass is 674 g/mol. The SMILES string of the molecule is COc1cccc(N2CCN(C3=Nc4c(F)cccc4[C@H](CC(=O)O)N3c3cc(C(F)(F)F)ccc3OC)CC2)c1.O.O.O.[H-].[H-].[Na+].[Na+].